The van der Waals surface area contributed by atoms with Gasteiger partial charge in [0.25, 0.3) is 5.91 Å². The standard InChI is InChI=1S/C19H22N2O2S2/c1-24-16-6-4-15(5-7-16)19(23)21-12-10-20(11-13-21)18(22)9-8-17-3-2-14-25-17/h2-7,14H,8-13H2,1H3. The predicted octanol–water partition coefficient (Wildman–Crippen LogP) is 3.39. The van der Waals surface area contributed by atoms with Crippen LogP contribution in [0.25, 0.3) is 0 Å². The maximum absolute atomic E-state index is 12.6. The zero-order valence-corrected chi connectivity index (χ0v) is 15.9. The van der Waals surface area contributed by atoms with Crippen molar-refractivity contribution in [2.24, 2.45) is 0 Å². The second-order valence-electron chi connectivity index (χ2n) is 5.98. The van der Waals surface area contributed by atoms with E-state index in [0.29, 0.717) is 32.6 Å². The Balaban J connectivity index is 1.48. The van der Waals surface area contributed by atoms with Gasteiger partial charge in [0.1, 0.15) is 0 Å². The number of hydrogen-bond donors (Lipinski definition) is 0. The molecular formula is C19H22N2O2S2. The van der Waals surface area contributed by atoms with Crippen LogP contribution in [0.3, 0.4) is 0 Å². The minimum Gasteiger partial charge on any atom is -0.339 e. The van der Waals surface area contributed by atoms with Gasteiger partial charge < -0.3 is 9.80 Å². The average molecular weight is 375 g/mol. The molecule has 0 radical (unpaired) electrons. The summed E-state index contributed by atoms with van der Waals surface area (Å²) in [5, 5.41) is 2.04. The zero-order valence-electron chi connectivity index (χ0n) is 14.3. The van der Waals surface area contributed by atoms with Crippen molar-refractivity contribution in [1.82, 2.24) is 9.80 Å². The summed E-state index contributed by atoms with van der Waals surface area (Å²) in [6, 6.07) is 11.8. The maximum atomic E-state index is 12.6. The van der Waals surface area contributed by atoms with Crippen molar-refractivity contribution in [2.75, 3.05) is 32.4 Å². The molecule has 0 atom stereocenters. The van der Waals surface area contributed by atoms with Crippen molar-refractivity contribution < 1.29 is 9.59 Å². The van der Waals surface area contributed by atoms with Crippen molar-refractivity contribution in [1.29, 1.82) is 0 Å². The average Bonchev–Trinajstić information content (AvgIpc) is 3.19. The number of thioether (sulfide) groups is 1. The Morgan fingerprint density at radius 2 is 1.72 bits per heavy atom. The molecule has 1 aromatic carbocycles. The van der Waals surface area contributed by atoms with Crippen LogP contribution in [-0.2, 0) is 11.2 Å². The molecule has 2 aromatic rings. The normalized spacial score (nSPS) is 14.6. The monoisotopic (exact) mass is 374 g/mol. The molecule has 0 spiro atoms. The lowest BCUT2D eigenvalue weighted by molar-refractivity contribution is -0.132. The smallest absolute Gasteiger partial charge is 0.253 e. The molecule has 132 valence electrons. The van der Waals surface area contributed by atoms with E-state index in [2.05, 4.69) is 6.07 Å². The van der Waals surface area contributed by atoms with E-state index in [1.54, 1.807) is 23.1 Å². The SMILES string of the molecule is CSc1ccc(C(=O)N2CCN(C(=O)CCc3cccs3)CC2)cc1. The number of amides is 2. The van der Waals surface area contributed by atoms with Crippen molar-refractivity contribution in [3.8, 4) is 0 Å². The molecule has 0 N–H and O–H groups in total. The third-order valence-corrected chi connectivity index (χ3v) is 6.10. The minimum atomic E-state index is 0.0540. The van der Waals surface area contributed by atoms with Crippen LogP contribution in [0.4, 0.5) is 0 Å². The Kier molecular flexibility index (Phi) is 6.15. The molecule has 2 amide bonds. The van der Waals surface area contributed by atoms with Crippen LogP contribution < -0.4 is 0 Å². The summed E-state index contributed by atoms with van der Waals surface area (Å²) in [6.07, 6.45) is 3.37. The molecule has 0 aliphatic carbocycles. The zero-order chi connectivity index (χ0) is 17.6. The maximum Gasteiger partial charge on any atom is 0.253 e. The Morgan fingerprint density at radius 1 is 1.04 bits per heavy atom. The van der Waals surface area contributed by atoms with Crippen LogP contribution >= 0.6 is 23.1 Å². The van der Waals surface area contributed by atoms with E-state index < -0.39 is 0 Å². The summed E-state index contributed by atoms with van der Waals surface area (Å²) in [4.78, 5) is 31.0. The van der Waals surface area contributed by atoms with Crippen molar-refractivity contribution >= 4 is 34.9 Å². The fourth-order valence-corrected chi connectivity index (χ4v) is 4.04. The van der Waals surface area contributed by atoms with Gasteiger partial charge in [-0.25, -0.2) is 0 Å². The number of rotatable bonds is 5. The molecule has 2 heterocycles. The Bertz CT molecular complexity index is 706. The highest BCUT2D eigenvalue weighted by Gasteiger charge is 2.24. The number of hydrogen-bond acceptors (Lipinski definition) is 4. The van der Waals surface area contributed by atoms with Crippen LogP contribution in [-0.4, -0.2) is 54.0 Å². The van der Waals surface area contributed by atoms with Gasteiger partial charge >= 0.3 is 0 Å². The molecule has 1 saturated heterocycles. The van der Waals surface area contributed by atoms with Gasteiger partial charge in [-0.05, 0) is 48.4 Å². The number of benzene rings is 1. The van der Waals surface area contributed by atoms with Crippen molar-refractivity contribution in [3.05, 3.63) is 52.2 Å². The van der Waals surface area contributed by atoms with E-state index in [1.165, 1.54) is 4.88 Å². The highest BCUT2D eigenvalue weighted by atomic mass is 32.2. The molecule has 0 saturated carbocycles. The van der Waals surface area contributed by atoms with Crippen LogP contribution in [0.5, 0.6) is 0 Å². The Morgan fingerprint density at radius 3 is 2.32 bits per heavy atom. The van der Waals surface area contributed by atoms with Crippen LogP contribution in [0.2, 0.25) is 0 Å². The first-order valence-electron chi connectivity index (χ1n) is 8.41. The van der Waals surface area contributed by atoms with Gasteiger partial charge in [0.05, 0.1) is 0 Å². The lowest BCUT2D eigenvalue weighted by atomic mass is 10.1. The van der Waals surface area contributed by atoms with Crippen molar-refractivity contribution in [3.63, 3.8) is 0 Å². The predicted molar refractivity (Wildman–Crippen MR) is 103 cm³/mol. The van der Waals surface area contributed by atoms with E-state index in [9.17, 15) is 9.59 Å². The van der Waals surface area contributed by atoms with Crippen LogP contribution in [0.15, 0.2) is 46.7 Å². The summed E-state index contributed by atoms with van der Waals surface area (Å²) in [5.74, 6) is 0.239. The van der Waals surface area contributed by atoms with E-state index in [-0.39, 0.29) is 11.8 Å². The number of carbonyl (C=O) groups excluding carboxylic acids is 2. The fraction of sp³-hybridized carbons (Fsp3) is 0.368. The first-order valence-corrected chi connectivity index (χ1v) is 10.5. The topological polar surface area (TPSA) is 40.6 Å². The first kappa shape index (κ1) is 18.0. The molecule has 0 bridgehead atoms. The van der Waals surface area contributed by atoms with Gasteiger partial charge in [-0.2, -0.15) is 0 Å². The number of nitrogens with zero attached hydrogens (tertiary/aromatic N) is 2. The number of thiophene rings is 1. The quantitative estimate of drug-likeness (QED) is 0.753. The Hall–Kier alpha value is -1.79. The second-order valence-corrected chi connectivity index (χ2v) is 7.89. The van der Waals surface area contributed by atoms with Gasteiger partial charge in [0.2, 0.25) is 5.91 Å². The lowest BCUT2D eigenvalue weighted by Crippen LogP contribution is -2.50. The summed E-state index contributed by atoms with van der Waals surface area (Å²) >= 11 is 3.35. The molecular weight excluding hydrogens is 352 g/mol. The largest absolute Gasteiger partial charge is 0.339 e. The highest BCUT2D eigenvalue weighted by molar-refractivity contribution is 7.98. The molecule has 6 heteroatoms. The molecule has 25 heavy (non-hydrogen) atoms. The van der Waals surface area contributed by atoms with E-state index in [0.717, 1.165) is 16.9 Å². The first-order chi connectivity index (χ1) is 12.2. The lowest BCUT2D eigenvalue weighted by Gasteiger charge is -2.35. The van der Waals surface area contributed by atoms with Gasteiger partial charge in [-0.15, -0.1) is 23.1 Å². The van der Waals surface area contributed by atoms with Crippen molar-refractivity contribution in [2.45, 2.75) is 17.7 Å². The summed E-state index contributed by atoms with van der Waals surface area (Å²) in [6.45, 7) is 2.46. The second kappa shape index (κ2) is 8.54. The third-order valence-electron chi connectivity index (χ3n) is 4.42. The van der Waals surface area contributed by atoms with Gasteiger partial charge in [0.15, 0.2) is 0 Å². The molecule has 1 aliphatic rings. The Labute approximate surface area is 156 Å². The number of piperazine rings is 1. The highest BCUT2D eigenvalue weighted by Crippen LogP contribution is 2.17. The minimum absolute atomic E-state index is 0.0540. The van der Waals surface area contributed by atoms with E-state index in [4.69, 9.17) is 0 Å². The molecule has 4 nitrogen and oxygen atoms in total. The number of carbonyl (C=O) groups is 2. The summed E-state index contributed by atoms with van der Waals surface area (Å²) in [5.41, 5.74) is 0.718. The molecule has 1 aliphatic heterocycles. The van der Waals surface area contributed by atoms with E-state index >= 15 is 0 Å². The van der Waals surface area contributed by atoms with Gasteiger partial charge in [-0.1, -0.05) is 6.07 Å². The molecule has 3 rings (SSSR count). The van der Waals surface area contributed by atoms with Crippen LogP contribution in [0, 0.1) is 0 Å². The van der Waals surface area contributed by atoms with Crippen LogP contribution in [0.1, 0.15) is 21.7 Å². The molecule has 0 unspecified atom stereocenters. The molecule has 1 fully saturated rings. The number of aryl methyl sites for hydroxylation is 1. The van der Waals surface area contributed by atoms with E-state index in [1.807, 2.05) is 51.8 Å². The summed E-state index contributed by atoms with van der Waals surface area (Å²) in [7, 11) is 0. The molecule has 1 aromatic heterocycles. The van der Waals surface area contributed by atoms with Gasteiger partial charge in [-0.3, -0.25) is 9.59 Å². The fourth-order valence-electron chi connectivity index (χ4n) is 2.92. The summed E-state index contributed by atoms with van der Waals surface area (Å²) < 4.78 is 0. The van der Waals surface area contributed by atoms with Gasteiger partial charge in [0, 0.05) is 47.9 Å². The third kappa shape index (κ3) is 4.64.